The molecule has 2 amide bonds. The summed E-state index contributed by atoms with van der Waals surface area (Å²) in [5.41, 5.74) is 3.35. The number of nitrogens with one attached hydrogen (secondary N) is 2. The topological polar surface area (TPSA) is 94.9 Å². The van der Waals surface area contributed by atoms with Gasteiger partial charge in [0.25, 0.3) is 0 Å². The zero-order valence-electron chi connectivity index (χ0n) is 19.7. The standard InChI is InChI=1S/C27H30N4O2S/c1-16-6-17(2)29-25(23(16)14-28)34-15-24(32)30-21-4-3-5-22(10-21)31-26(33)27-11-18-7-19(12-27)9-20(8-18)13-27/h3-6,10,18-20H,7-9,11-13,15H2,1-2H3,(H,30,32)(H,31,33). The van der Waals surface area contributed by atoms with Crippen molar-refractivity contribution in [2.24, 2.45) is 23.2 Å². The average molecular weight is 475 g/mol. The first-order valence-corrected chi connectivity index (χ1v) is 13.0. The fourth-order valence-corrected chi connectivity index (χ4v) is 7.60. The molecule has 6 nitrogen and oxygen atoms in total. The lowest BCUT2D eigenvalue weighted by molar-refractivity contribution is -0.140. The Labute approximate surface area is 204 Å². The fraction of sp³-hybridized carbons (Fsp3) is 0.481. The molecule has 6 rings (SSSR count). The van der Waals surface area contributed by atoms with Crippen molar-refractivity contribution in [1.82, 2.24) is 4.98 Å². The number of carbonyl (C=O) groups excluding carboxylic acids is 2. The first kappa shape index (κ1) is 22.9. The SMILES string of the molecule is Cc1cc(C)c(C#N)c(SCC(=O)Nc2cccc(NC(=O)C34CC5CC(CC(C5)C3)C4)c2)n1. The number of hydrogen-bond acceptors (Lipinski definition) is 5. The second-order valence-electron chi connectivity index (χ2n) is 10.4. The predicted molar refractivity (Wildman–Crippen MR) is 133 cm³/mol. The molecule has 1 aromatic heterocycles. The number of benzene rings is 1. The first-order valence-electron chi connectivity index (χ1n) is 12.1. The van der Waals surface area contributed by atoms with Crippen molar-refractivity contribution >= 4 is 35.0 Å². The van der Waals surface area contributed by atoms with Gasteiger partial charge in [0.05, 0.1) is 16.7 Å². The Morgan fingerprint density at radius 3 is 2.29 bits per heavy atom. The minimum Gasteiger partial charge on any atom is -0.326 e. The van der Waals surface area contributed by atoms with Gasteiger partial charge in [-0.15, -0.1) is 0 Å². The summed E-state index contributed by atoms with van der Waals surface area (Å²) >= 11 is 1.26. The van der Waals surface area contributed by atoms with Gasteiger partial charge in [0.15, 0.2) is 0 Å². The van der Waals surface area contributed by atoms with Crippen LogP contribution in [0.3, 0.4) is 0 Å². The Kier molecular flexibility index (Phi) is 6.11. The van der Waals surface area contributed by atoms with Crippen molar-refractivity contribution in [2.45, 2.75) is 57.4 Å². The van der Waals surface area contributed by atoms with Crippen LogP contribution in [0.1, 0.15) is 55.3 Å². The van der Waals surface area contributed by atoms with E-state index in [1.807, 2.05) is 44.2 Å². The van der Waals surface area contributed by atoms with Crippen LogP contribution in [-0.2, 0) is 9.59 Å². The van der Waals surface area contributed by atoms with Crippen molar-refractivity contribution in [3.8, 4) is 6.07 Å². The molecule has 2 aromatic rings. The normalized spacial score (nSPS) is 26.7. The van der Waals surface area contributed by atoms with Gasteiger partial charge < -0.3 is 10.6 Å². The lowest BCUT2D eigenvalue weighted by Gasteiger charge is -2.55. The van der Waals surface area contributed by atoms with E-state index in [1.54, 1.807) is 0 Å². The molecule has 0 saturated heterocycles. The molecule has 0 atom stereocenters. The predicted octanol–water partition coefficient (Wildman–Crippen LogP) is 5.46. The number of thioether (sulfide) groups is 1. The van der Waals surface area contributed by atoms with Crippen LogP contribution < -0.4 is 10.6 Å². The molecule has 2 N–H and O–H groups in total. The Hall–Kier alpha value is -2.85. The average Bonchev–Trinajstić information content (AvgIpc) is 2.77. The summed E-state index contributed by atoms with van der Waals surface area (Å²) in [6, 6.07) is 11.4. The summed E-state index contributed by atoms with van der Waals surface area (Å²) in [6.45, 7) is 3.75. The van der Waals surface area contributed by atoms with Crippen LogP contribution in [0, 0.1) is 48.3 Å². The fourth-order valence-electron chi connectivity index (χ4n) is 6.70. The second kappa shape index (κ2) is 9.07. The molecule has 4 bridgehead atoms. The minimum atomic E-state index is -0.206. The Morgan fingerprint density at radius 1 is 1.06 bits per heavy atom. The molecule has 1 aromatic carbocycles. The number of aromatic nitrogens is 1. The number of aryl methyl sites for hydroxylation is 2. The Balaban J connectivity index is 1.21. The van der Waals surface area contributed by atoms with Crippen LogP contribution in [0.2, 0.25) is 0 Å². The lowest BCUT2D eigenvalue weighted by Crippen LogP contribution is -2.51. The Morgan fingerprint density at radius 2 is 1.68 bits per heavy atom. The van der Waals surface area contributed by atoms with Gasteiger partial charge in [-0.05, 0) is 100.0 Å². The molecule has 4 aliphatic carbocycles. The lowest BCUT2D eigenvalue weighted by atomic mass is 9.49. The quantitative estimate of drug-likeness (QED) is 0.543. The number of nitriles is 1. The van der Waals surface area contributed by atoms with Crippen LogP contribution >= 0.6 is 11.8 Å². The number of rotatable bonds is 6. The highest BCUT2D eigenvalue weighted by Crippen LogP contribution is 2.60. The molecular weight excluding hydrogens is 444 g/mol. The summed E-state index contributed by atoms with van der Waals surface area (Å²) in [5.74, 6) is 2.26. The maximum atomic E-state index is 13.3. The number of carbonyl (C=O) groups is 2. The molecule has 4 aliphatic rings. The molecule has 0 unspecified atom stereocenters. The molecule has 176 valence electrons. The van der Waals surface area contributed by atoms with Gasteiger partial charge in [0, 0.05) is 17.1 Å². The minimum absolute atomic E-state index is 0.147. The van der Waals surface area contributed by atoms with Crippen molar-refractivity contribution < 1.29 is 9.59 Å². The highest BCUT2D eigenvalue weighted by molar-refractivity contribution is 8.00. The summed E-state index contributed by atoms with van der Waals surface area (Å²) in [4.78, 5) is 30.3. The molecule has 1 heterocycles. The molecule has 4 saturated carbocycles. The number of pyridine rings is 1. The number of anilines is 2. The third-order valence-electron chi connectivity index (χ3n) is 7.69. The zero-order chi connectivity index (χ0) is 23.9. The number of amides is 2. The molecule has 34 heavy (non-hydrogen) atoms. The van der Waals surface area contributed by atoms with E-state index < -0.39 is 0 Å². The van der Waals surface area contributed by atoms with Gasteiger partial charge in [-0.2, -0.15) is 5.26 Å². The van der Waals surface area contributed by atoms with Gasteiger partial charge in [-0.3, -0.25) is 9.59 Å². The van der Waals surface area contributed by atoms with E-state index in [1.165, 1.54) is 31.0 Å². The van der Waals surface area contributed by atoms with E-state index in [0.717, 1.165) is 30.5 Å². The number of nitrogens with zero attached hydrogens (tertiary/aromatic N) is 2. The molecule has 7 heteroatoms. The van der Waals surface area contributed by atoms with Gasteiger partial charge in [-0.1, -0.05) is 17.8 Å². The van der Waals surface area contributed by atoms with E-state index in [2.05, 4.69) is 21.7 Å². The molecular formula is C27H30N4O2S. The van der Waals surface area contributed by atoms with Crippen LogP contribution in [0.15, 0.2) is 35.4 Å². The van der Waals surface area contributed by atoms with E-state index in [4.69, 9.17) is 0 Å². The van der Waals surface area contributed by atoms with Crippen molar-refractivity contribution in [1.29, 1.82) is 5.26 Å². The van der Waals surface area contributed by atoms with Crippen LogP contribution in [-0.4, -0.2) is 22.6 Å². The Bertz CT molecular complexity index is 1150. The highest BCUT2D eigenvalue weighted by Gasteiger charge is 2.54. The molecule has 0 spiro atoms. The molecule has 0 radical (unpaired) electrons. The van der Waals surface area contributed by atoms with Crippen molar-refractivity contribution in [3.63, 3.8) is 0 Å². The van der Waals surface area contributed by atoms with Crippen LogP contribution in [0.5, 0.6) is 0 Å². The maximum absolute atomic E-state index is 13.3. The first-order chi connectivity index (χ1) is 16.3. The third kappa shape index (κ3) is 4.56. The van der Waals surface area contributed by atoms with Gasteiger partial charge in [-0.25, -0.2) is 4.98 Å². The zero-order valence-corrected chi connectivity index (χ0v) is 20.5. The number of hydrogen-bond donors (Lipinski definition) is 2. The smallest absolute Gasteiger partial charge is 0.234 e. The van der Waals surface area contributed by atoms with Crippen LogP contribution in [0.25, 0.3) is 0 Å². The van der Waals surface area contributed by atoms with Gasteiger partial charge >= 0.3 is 0 Å². The van der Waals surface area contributed by atoms with E-state index in [9.17, 15) is 14.9 Å². The van der Waals surface area contributed by atoms with E-state index in [0.29, 0.717) is 39.7 Å². The molecule has 0 aliphatic heterocycles. The molecule has 4 fully saturated rings. The summed E-state index contributed by atoms with van der Waals surface area (Å²) < 4.78 is 0. The van der Waals surface area contributed by atoms with E-state index >= 15 is 0 Å². The van der Waals surface area contributed by atoms with Crippen molar-refractivity contribution in [3.05, 3.63) is 47.2 Å². The monoisotopic (exact) mass is 474 g/mol. The largest absolute Gasteiger partial charge is 0.326 e. The second-order valence-corrected chi connectivity index (χ2v) is 11.4. The summed E-state index contributed by atoms with van der Waals surface area (Å²) in [5, 5.41) is 16.1. The summed E-state index contributed by atoms with van der Waals surface area (Å²) in [6.07, 6.45) is 6.99. The maximum Gasteiger partial charge on any atom is 0.234 e. The van der Waals surface area contributed by atoms with Gasteiger partial charge in [0.2, 0.25) is 11.8 Å². The van der Waals surface area contributed by atoms with Gasteiger partial charge in [0.1, 0.15) is 11.1 Å². The van der Waals surface area contributed by atoms with Crippen molar-refractivity contribution in [2.75, 3.05) is 16.4 Å². The third-order valence-corrected chi connectivity index (χ3v) is 8.66. The highest BCUT2D eigenvalue weighted by atomic mass is 32.2. The van der Waals surface area contributed by atoms with Crippen LogP contribution in [0.4, 0.5) is 11.4 Å². The summed E-state index contributed by atoms with van der Waals surface area (Å²) in [7, 11) is 0. The van der Waals surface area contributed by atoms with E-state index in [-0.39, 0.29) is 23.0 Å².